The third kappa shape index (κ3) is 3.60. The summed E-state index contributed by atoms with van der Waals surface area (Å²) in [7, 11) is 0. The first-order valence-corrected chi connectivity index (χ1v) is 8.95. The van der Waals surface area contributed by atoms with Gasteiger partial charge in [-0.2, -0.15) is 0 Å². The molecule has 2 aromatic carbocycles. The Morgan fingerprint density at radius 1 is 1.00 bits per heavy atom. The first-order chi connectivity index (χ1) is 13.1. The van der Waals surface area contributed by atoms with Gasteiger partial charge < -0.3 is 10.3 Å². The summed E-state index contributed by atoms with van der Waals surface area (Å²) < 4.78 is 0. The zero-order chi connectivity index (χ0) is 18.8. The van der Waals surface area contributed by atoms with Gasteiger partial charge in [0.05, 0.1) is 0 Å². The van der Waals surface area contributed by atoms with E-state index in [0.29, 0.717) is 18.2 Å². The number of benzene rings is 2. The van der Waals surface area contributed by atoms with Crippen molar-refractivity contribution < 1.29 is 0 Å². The predicted octanol–water partition coefficient (Wildman–Crippen LogP) is 3.58. The highest BCUT2D eigenvalue weighted by Crippen LogP contribution is 2.20. The average molecular weight is 359 g/mol. The number of aromatic nitrogens is 4. The van der Waals surface area contributed by atoms with Gasteiger partial charge in [-0.05, 0) is 38.0 Å². The summed E-state index contributed by atoms with van der Waals surface area (Å²) >= 11 is 0. The molecule has 3 N–H and O–H groups in total. The maximum atomic E-state index is 12.3. The highest BCUT2D eigenvalue weighted by Gasteiger charge is 2.08. The Kier molecular flexibility index (Phi) is 4.46. The number of fused-ring (bicyclic) bond motifs is 1. The van der Waals surface area contributed by atoms with Crippen molar-refractivity contribution in [1.82, 2.24) is 20.2 Å². The summed E-state index contributed by atoms with van der Waals surface area (Å²) in [5.41, 5.74) is 5.56. The van der Waals surface area contributed by atoms with E-state index in [9.17, 15) is 4.79 Å². The lowest BCUT2D eigenvalue weighted by atomic mass is 10.1. The van der Waals surface area contributed by atoms with Crippen LogP contribution < -0.4 is 10.9 Å². The third-order valence-corrected chi connectivity index (χ3v) is 4.63. The minimum absolute atomic E-state index is 0.251. The molecule has 2 aromatic heterocycles. The Morgan fingerprint density at radius 2 is 1.78 bits per heavy atom. The molecular formula is C21H21N5O. The highest BCUT2D eigenvalue weighted by atomic mass is 16.1. The van der Waals surface area contributed by atoms with E-state index in [1.807, 2.05) is 37.4 Å². The Morgan fingerprint density at radius 3 is 2.56 bits per heavy atom. The molecule has 0 amide bonds. The maximum absolute atomic E-state index is 12.3. The van der Waals surface area contributed by atoms with Crippen LogP contribution in [0.4, 0.5) is 5.95 Å². The number of rotatable bonds is 5. The molecule has 6 nitrogen and oxygen atoms in total. The summed E-state index contributed by atoms with van der Waals surface area (Å²) in [6, 6.07) is 14.0. The fourth-order valence-corrected chi connectivity index (χ4v) is 3.13. The van der Waals surface area contributed by atoms with Gasteiger partial charge in [-0.25, -0.2) is 0 Å². The van der Waals surface area contributed by atoms with E-state index >= 15 is 0 Å². The van der Waals surface area contributed by atoms with Crippen molar-refractivity contribution in [2.45, 2.75) is 20.3 Å². The molecule has 4 rings (SSSR count). The Balaban J connectivity index is 1.45. The van der Waals surface area contributed by atoms with Gasteiger partial charge in [-0.3, -0.25) is 9.78 Å². The maximum Gasteiger partial charge on any atom is 0.279 e. The second-order valence-corrected chi connectivity index (χ2v) is 6.76. The van der Waals surface area contributed by atoms with Crippen LogP contribution in [-0.4, -0.2) is 26.7 Å². The minimum Gasteiger partial charge on any atom is -0.361 e. The van der Waals surface area contributed by atoms with E-state index in [2.05, 4.69) is 50.6 Å². The van der Waals surface area contributed by atoms with Gasteiger partial charge in [0.25, 0.3) is 5.56 Å². The standard InChI is InChI=1S/C21H21N5O/c1-13-3-6-15(7-4-13)19-20(27)24-21(26-25-19)22-10-9-16-12-23-18-8-5-14(2)11-17(16)18/h3-8,11-12,23H,9-10H2,1-2H3,(H2,22,24,26,27). The van der Waals surface area contributed by atoms with Crippen LogP contribution in [0.1, 0.15) is 16.7 Å². The van der Waals surface area contributed by atoms with Crippen LogP contribution in [0.2, 0.25) is 0 Å². The topological polar surface area (TPSA) is 86.5 Å². The van der Waals surface area contributed by atoms with E-state index in [-0.39, 0.29) is 5.56 Å². The fourth-order valence-electron chi connectivity index (χ4n) is 3.13. The summed E-state index contributed by atoms with van der Waals surface area (Å²) in [5.74, 6) is 0.381. The van der Waals surface area contributed by atoms with Gasteiger partial charge in [-0.15, -0.1) is 10.2 Å². The van der Waals surface area contributed by atoms with Crippen molar-refractivity contribution in [2.75, 3.05) is 11.9 Å². The number of hydrogen-bond donors (Lipinski definition) is 3. The molecule has 0 radical (unpaired) electrons. The first kappa shape index (κ1) is 17.0. The molecule has 0 spiro atoms. The van der Waals surface area contributed by atoms with Crippen molar-refractivity contribution >= 4 is 16.9 Å². The number of H-pyrrole nitrogens is 2. The average Bonchev–Trinajstić information content (AvgIpc) is 3.05. The molecule has 136 valence electrons. The van der Waals surface area contributed by atoms with Gasteiger partial charge in [0, 0.05) is 29.2 Å². The Bertz CT molecular complexity index is 1140. The number of anilines is 1. The zero-order valence-electron chi connectivity index (χ0n) is 15.3. The van der Waals surface area contributed by atoms with Crippen molar-refractivity contribution in [3.05, 3.63) is 75.7 Å². The van der Waals surface area contributed by atoms with Crippen molar-refractivity contribution in [2.24, 2.45) is 0 Å². The Hall–Kier alpha value is -3.41. The summed E-state index contributed by atoms with van der Waals surface area (Å²) in [5, 5.41) is 12.6. The molecule has 0 aliphatic rings. The molecule has 27 heavy (non-hydrogen) atoms. The van der Waals surface area contributed by atoms with Crippen LogP contribution >= 0.6 is 0 Å². The lowest BCUT2D eigenvalue weighted by Gasteiger charge is -2.06. The molecule has 0 unspecified atom stereocenters. The molecule has 0 atom stereocenters. The quantitative estimate of drug-likeness (QED) is 0.508. The summed E-state index contributed by atoms with van der Waals surface area (Å²) in [6.07, 6.45) is 2.84. The van der Waals surface area contributed by atoms with Crippen LogP contribution in [0.3, 0.4) is 0 Å². The van der Waals surface area contributed by atoms with Crippen LogP contribution in [-0.2, 0) is 6.42 Å². The van der Waals surface area contributed by atoms with Gasteiger partial charge in [0.15, 0.2) is 5.69 Å². The molecule has 0 fully saturated rings. The summed E-state index contributed by atoms with van der Waals surface area (Å²) in [6.45, 7) is 4.74. The van der Waals surface area contributed by atoms with E-state index in [0.717, 1.165) is 23.1 Å². The second kappa shape index (κ2) is 7.07. The second-order valence-electron chi connectivity index (χ2n) is 6.76. The van der Waals surface area contributed by atoms with Crippen LogP contribution in [0.25, 0.3) is 22.2 Å². The van der Waals surface area contributed by atoms with Crippen LogP contribution in [0.15, 0.2) is 53.5 Å². The van der Waals surface area contributed by atoms with Gasteiger partial charge in [0.2, 0.25) is 5.95 Å². The van der Waals surface area contributed by atoms with Crippen molar-refractivity contribution in [1.29, 1.82) is 0 Å². The monoisotopic (exact) mass is 359 g/mol. The van der Waals surface area contributed by atoms with E-state index in [1.54, 1.807) is 0 Å². The molecular weight excluding hydrogens is 338 g/mol. The molecule has 4 aromatic rings. The molecule has 0 aliphatic heterocycles. The number of nitrogens with zero attached hydrogens (tertiary/aromatic N) is 2. The molecule has 0 bridgehead atoms. The summed E-state index contributed by atoms with van der Waals surface area (Å²) in [4.78, 5) is 18.4. The lowest BCUT2D eigenvalue weighted by molar-refractivity contribution is 0.917. The normalized spacial score (nSPS) is 11.0. The van der Waals surface area contributed by atoms with Crippen LogP contribution in [0.5, 0.6) is 0 Å². The lowest BCUT2D eigenvalue weighted by Crippen LogP contribution is -2.18. The van der Waals surface area contributed by atoms with Gasteiger partial charge in [0.1, 0.15) is 0 Å². The molecule has 6 heteroatoms. The van der Waals surface area contributed by atoms with E-state index in [4.69, 9.17) is 0 Å². The molecule has 2 heterocycles. The smallest absolute Gasteiger partial charge is 0.279 e. The van der Waals surface area contributed by atoms with Gasteiger partial charge >= 0.3 is 0 Å². The zero-order valence-corrected chi connectivity index (χ0v) is 15.3. The molecule has 0 aliphatic carbocycles. The van der Waals surface area contributed by atoms with E-state index in [1.165, 1.54) is 16.5 Å². The first-order valence-electron chi connectivity index (χ1n) is 8.95. The number of aromatic amines is 2. The third-order valence-electron chi connectivity index (χ3n) is 4.63. The number of hydrogen-bond acceptors (Lipinski definition) is 4. The fraction of sp³-hybridized carbons (Fsp3) is 0.190. The molecule has 0 saturated heterocycles. The predicted molar refractivity (Wildman–Crippen MR) is 108 cm³/mol. The van der Waals surface area contributed by atoms with Gasteiger partial charge in [-0.1, -0.05) is 41.5 Å². The molecule has 0 saturated carbocycles. The number of aryl methyl sites for hydroxylation is 2. The van der Waals surface area contributed by atoms with Crippen LogP contribution in [0, 0.1) is 13.8 Å². The van der Waals surface area contributed by atoms with Crippen molar-refractivity contribution in [3.63, 3.8) is 0 Å². The number of nitrogens with one attached hydrogen (secondary N) is 3. The van der Waals surface area contributed by atoms with E-state index < -0.39 is 0 Å². The Labute approximate surface area is 156 Å². The largest absolute Gasteiger partial charge is 0.361 e. The SMILES string of the molecule is Cc1ccc(-c2nnc(NCCc3c[nH]c4ccc(C)cc34)[nH]c2=O)cc1. The minimum atomic E-state index is -0.251. The highest BCUT2D eigenvalue weighted by molar-refractivity contribution is 5.83. The van der Waals surface area contributed by atoms with Crippen molar-refractivity contribution in [3.8, 4) is 11.3 Å².